The molecule has 2 aliphatic heterocycles. The first-order valence-corrected chi connectivity index (χ1v) is 21.9. The van der Waals surface area contributed by atoms with Crippen LogP contribution in [0, 0.1) is 11.8 Å². The Morgan fingerprint density at radius 2 is 1.80 bits per heavy atom. The molecular formula is C44H71ClN4O5S. The lowest BCUT2D eigenvalue weighted by Gasteiger charge is -2.40. The largest absolute Gasteiger partial charge is 0.491 e. The molecule has 1 amide bonds. The molecule has 1 saturated heterocycles. The van der Waals surface area contributed by atoms with Crippen LogP contribution in [0.5, 0.6) is 5.75 Å². The van der Waals surface area contributed by atoms with E-state index in [-0.39, 0.29) is 35.5 Å². The fourth-order valence-corrected chi connectivity index (χ4v) is 8.84. The molecule has 1 fully saturated rings. The fourth-order valence-electron chi connectivity index (χ4n) is 7.88. The standard InChI is InChI=1S/C36H53ClN2O5S.C8H18N2/c1-9-12-18-36(6,43-8)32(11-3)25(4)21-39-22-29(31-16-15-30(37)19-27(31)13-10-2)24-44-34-17-14-28(20-33(34)39)35(40)38-45(41)26(5)23-42-7;1-8(2,3)10-6-4-9-5-7-10/h12,14-20,25-26,29,32H,9-11,13,21-24H2,1-8H3,(H,38,40);9H,4-7H2,1-3H3/b18-12+;/t25?,26?,29?,32?,36-,45?;/m0./s1. The Labute approximate surface area is 340 Å². The molecule has 310 valence electrons. The highest BCUT2D eigenvalue weighted by molar-refractivity contribution is 7.84. The summed E-state index contributed by atoms with van der Waals surface area (Å²) in [5.41, 5.74) is 3.73. The third kappa shape index (κ3) is 13.6. The summed E-state index contributed by atoms with van der Waals surface area (Å²) in [5, 5.41) is 3.75. The quantitative estimate of drug-likeness (QED) is 0.164. The number of carbonyl (C=O) groups is 1. The van der Waals surface area contributed by atoms with E-state index < -0.39 is 16.6 Å². The minimum Gasteiger partial charge on any atom is -0.491 e. The summed E-state index contributed by atoms with van der Waals surface area (Å²) in [6.07, 6.45) is 8.24. The van der Waals surface area contributed by atoms with Crippen LogP contribution in [-0.4, -0.2) is 98.1 Å². The van der Waals surface area contributed by atoms with Crippen LogP contribution in [0.15, 0.2) is 48.6 Å². The minimum absolute atomic E-state index is 0.0944. The van der Waals surface area contributed by atoms with Gasteiger partial charge in [-0.2, -0.15) is 0 Å². The van der Waals surface area contributed by atoms with Crippen molar-refractivity contribution in [1.29, 1.82) is 0 Å². The summed E-state index contributed by atoms with van der Waals surface area (Å²) < 4.78 is 33.1. The summed E-state index contributed by atoms with van der Waals surface area (Å²) >= 11 is 6.43. The van der Waals surface area contributed by atoms with Crippen LogP contribution >= 0.6 is 11.6 Å². The number of methoxy groups -OCH3 is 2. The molecule has 2 N–H and O–H groups in total. The number of fused-ring (bicyclic) bond motifs is 1. The molecule has 0 aromatic heterocycles. The van der Waals surface area contributed by atoms with Gasteiger partial charge in [-0.05, 0) is 107 Å². The zero-order valence-electron chi connectivity index (χ0n) is 35.6. The first-order valence-electron chi connectivity index (χ1n) is 20.3. The lowest BCUT2D eigenvalue weighted by Crippen LogP contribution is -2.51. The van der Waals surface area contributed by atoms with Crippen LogP contribution in [0.25, 0.3) is 0 Å². The molecule has 0 bridgehead atoms. The Kier molecular flexibility index (Phi) is 19.2. The Hall–Kier alpha value is -2.47. The molecule has 0 saturated carbocycles. The van der Waals surface area contributed by atoms with Crippen LogP contribution in [0.4, 0.5) is 5.69 Å². The van der Waals surface area contributed by atoms with Gasteiger partial charge in [0.05, 0.1) is 29.8 Å². The number of amides is 1. The van der Waals surface area contributed by atoms with Crippen LogP contribution in [0.3, 0.4) is 0 Å². The molecule has 2 heterocycles. The number of nitrogens with zero attached hydrogens (tertiary/aromatic N) is 2. The van der Waals surface area contributed by atoms with E-state index in [0.29, 0.717) is 24.3 Å². The van der Waals surface area contributed by atoms with E-state index in [4.69, 9.17) is 25.8 Å². The van der Waals surface area contributed by atoms with Gasteiger partial charge in [-0.25, -0.2) is 4.21 Å². The summed E-state index contributed by atoms with van der Waals surface area (Å²) in [5.74, 6) is 0.928. The number of rotatable bonds is 16. The molecule has 2 aliphatic rings. The average molecular weight is 804 g/mol. The maximum atomic E-state index is 13.3. The number of carbonyl (C=O) groups excluding carboxylic acids is 1. The van der Waals surface area contributed by atoms with Gasteiger partial charge in [0.15, 0.2) is 0 Å². The van der Waals surface area contributed by atoms with Gasteiger partial charge in [0.1, 0.15) is 16.7 Å². The topological polar surface area (TPSA) is 92.4 Å². The molecule has 4 rings (SSSR count). The van der Waals surface area contributed by atoms with Crippen molar-refractivity contribution in [3.8, 4) is 5.75 Å². The maximum absolute atomic E-state index is 13.3. The van der Waals surface area contributed by atoms with Gasteiger partial charge in [-0.3, -0.25) is 14.4 Å². The van der Waals surface area contributed by atoms with Gasteiger partial charge in [0.2, 0.25) is 0 Å². The number of aryl methyl sites for hydroxylation is 1. The summed E-state index contributed by atoms with van der Waals surface area (Å²) in [6, 6.07) is 11.7. The monoisotopic (exact) mass is 802 g/mol. The number of hydrogen-bond acceptors (Lipinski definition) is 8. The van der Waals surface area contributed by atoms with Crippen LogP contribution in [0.2, 0.25) is 5.02 Å². The Balaban J connectivity index is 0.000000701. The fraction of sp³-hybridized carbons (Fsp3) is 0.659. The lowest BCUT2D eigenvalue weighted by molar-refractivity contribution is -0.0229. The molecule has 9 nitrogen and oxygen atoms in total. The molecular weight excluding hydrogens is 732 g/mol. The van der Waals surface area contributed by atoms with Crippen molar-refractivity contribution in [2.24, 2.45) is 11.8 Å². The predicted octanol–water partition coefficient (Wildman–Crippen LogP) is 8.43. The molecule has 0 aliphatic carbocycles. The van der Waals surface area contributed by atoms with E-state index in [1.807, 2.05) is 18.2 Å². The molecule has 0 radical (unpaired) electrons. The van der Waals surface area contributed by atoms with Crippen LogP contribution < -0.4 is 19.7 Å². The van der Waals surface area contributed by atoms with Crippen LogP contribution in [-0.2, 0) is 26.9 Å². The zero-order valence-corrected chi connectivity index (χ0v) is 37.2. The molecule has 6 atom stereocenters. The van der Waals surface area contributed by atoms with Gasteiger partial charge in [-0.15, -0.1) is 0 Å². The summed E-state index contributed by atoms with van der Waals surface area (Å²) in [7, 11) is 1.77. The zero-order chi connectivity index (χ0) is 40.8. The van der Waals surface area contributed by atoms with Crippen molar-refractivity contribution in [2.75, 3.05) is 71.6 Å². The Morgan fingerprint density at radius 1 is 1.09 bits per heavy atom. The maximum Gasteiger partial charge on any atom is 0.263 e. The molecule has 2 aromatic rings. The van der Waals surface area contributed by atoms with E-state index >= 15 is 0 Å². The number of halogens is 1. The number of benzene rings is 2. The second-order valence-electron chi connectivity index (χ2n) is 16.3. The minimum atomic E-state index is -1.58. The van der Waals surface area contributed by atoms with Crippen molar-refractivity contribution in [1.82, 2.24) is 14.9 Å². The SMILES string of the molecule is CC(C)(C)N1CCNCC1.CC/C=C/[C@](C)(OC)C(CC)C(C)CN1CC(c2ccc(Cl)cc2CCC)COc2ccc(C(=O)NS(=O)C(C)COC)cc21. The number of anilines is 1. The van der Waals surface area contributed by atoms with Gasteiger partial charge >= 0.3 is 0 Å². The number of ether oxygens (including phenoxy) is 3. The summed E-state index contributed by atoms with van der Waals surface area (Å²) in [6.45, 7) is 26.5. The highest BCUT2D eigenvalue weighted by Gasteiger charge is 2.37. The van der Waals surface area contributed by atoms with Gasteiger partial charge < -0.3 is 24.4 Å². The van der Waals surface area contributed by atoms with E-state index in [2.05, 4.69) is 99.5 Å². The van der Waals surface area contributed by atoms with Crippen LogP contribution in [0.1, 0.15) is 109 Å². The number of allylic oxidation sites excluding steroid dienone is 1. The van der Waals surface area contributed by atoms with Crippen molar-refractivity contribution in [3.63, 3.8) is 0 Å². The Bertz CT molecular complexity index is 1540. The highest BCUT2D eigenvalue weighted by Crippen LogP contribution is 2.40. The highest BCUT2D eigenvalue weighted by atomic mass is 35.5. The predicted molar refractivity (Wildman–Crippen MR) is 231 cm³/mol. The van der Waals surface area contributed by atoms with E-state index in [9.17, 15) is 9.00 Å². The molecule has 5 unspecified atom stereocenters. The van der Waals surface area contributed by atoms with Crippen molar-refractivity contribution in [2.45, 2.75) is 110 Å². The molecule has 55 heavy (non-hydrogen) atoms. The number of piperazine rings is 1. The number of nitrogens with one attached hydrogen (secondary N) is 2. The average Bonchev–Trinajstić information content (AvgIpc) is 3.33. The van der Waals surface area contributed by atoms with E-state index in [0.717, 1.165) is 61.8 Å². The van der Waals surface area contributed by atoms with Crippen molar-refractivity contribution in [3.05, 3.63) is 70.3 Å². The normalized spacial score (nSPS) is 19.9. The van der Waals surface area contributed by atoms with Gasteiger partial charge in [0.25, 0.3) is 5.91 Å². The van der Waals surface area contributed by atoms with E-state index in [1.54, 1.807) is 27.2 Å². The number of hydrogen-bond donors (Lipinski definition) is 2. The van der Waals surface area contributed by atoms with E-state index in [1.165, 1.54) is 24.2 Å². The van der Waals surface area contributed by atoms with Gasteiger partial charge in [-0.1, -0.05) is 63.9 Å². The third-order valence-corrected chi connectivity index (χ3v) is 12.5. The first kappa shape index (κ1) is 46.9. The molecule has 2 aromatic carbocycles. The first-order chi connectivity index (χ1) is 26.1. The second kappa shape index (κ2) is 22.5. The van der Waals surface area contributed by atoms with Gasteiger partial charge in [0, 0.05) is 75.5 Å². The second-order valence-corrected chi connectivity index (χ2v) is 18.3. The van der Waals surface area contributed by atoms with Crippen molar-refractivity contribution >= 4 is 34.2 Å². The Morgan fingerprint density at radius 3 is 2.38 bits per heavy atom. The third-order valence-electron chi connectivity index (χ3n) is 11.0. The lowest BCUT2D eigenvalue weighted by atomic mass is 9.77. The van der Waals surface area contributed by atoms with Crippen molar-refractivity contribution < 1.29 is 23.2 Å². The molecule has 11 heteroatoms. The smallest absolute Gasteiger partial charge is 0.263 e. The summed E-state index contributed by atoms with van der Waals surface area (Å²) in [4.78, 5) is 18.2. The molecule has 0 spiro atoms.